The topological polar surface area (TPSA) is 259 Å². The first-order valence-corrected chi connectivity index (χ1v) is 37.8. The van der Waals surface area contributed by atoms with Crippen LogP contribution in [0.25, 0.3) is 0 Å². The minimum Gasteiger partial charge on any atom is -0.493 e. The molecule has 4 aliphatic heterocycles. The van der Waals surface area contributed by atoms with E-state index in [1.54, 1.807) is 74.7 Å². The molecule has 26 heteroatoms. The Morgan fingerprint density at radius 2 is 0.892 bits per heavy atom. The van der Waals surface area contributed by atoms with Crippen LogP contribution in [0.5, 0.6) is 23.0 Å². The average molecular weight is 1440 g/mol. The molecular weight excluding hydrogens is 1360 g/mol. The smallest absolute Gasteiger partial charge is 0.264 e. The van der Waals surface area contributed by atoms with E-state index in [4.69, 9.17) is 18.9 Å². The average Bonchev–Trinajstić information content (AvgIpc) is 1.60. The summed E-state index contributed by atoms with van der Waals surface area (Å²) in [5.74, 6) is 0.0242. The number of amides is 5. The fraction of sp³-hybridized carbons (Fsp3) is 0.342. The molecule has 536 valence electrons. The Balaban J connectivity index is 0.000000206. The molecule has 0 saturated carbocycles. The summed E-state index contributed by atoms with van der Waals surface area (Å²) in [6, 6.07) is 49.6. The summed E-state index contributed by atoms with van der Waals surface area (Å²) in [5, 5.41) is 2.71. The largest absolute Gasteiger partial charge is 0.493 e. The third-order valence-corrected chi connectivity index (χ3v) is 23.9. The van der Waals surface area contributed by atoms with Gasteiger partial charge in [-0.25, -0.2) is 31.3 Å². The normalized spacial score (nSPS) is 16.2. The van der Waals surface area contributed by atoms with Gasteiger partial charge in [0.05, 0.1) is 84.7 Å². The van der Waals surface area contributed by atoms with Gasteiger partial charge in [0.2, 0.25) is 15.9 Å². The zero-order valence-corrected chi connectivity index (χ0v) is 60.9. The Bertz CT molecular complexity index is 4570. The number of anilines is 3. The van der Waals surface area contributed by atoms with Gasteiger partial charge < -0.3 is 34.1 Å². The zero-order chi connectivity index (χ0) is 72.4. The number of methoxy groups -OCH3 is 4. The standard InChI is InChI=1S/C38H44N6O7S2.C38H42N4O6S/c1-24-37(52-38(40-24)41-26(3)45)53(48,49)39-18-10-15-30(28-16-17-32(50-4)33(23-28)51-5)44-35(46)29-13-9-14-31(34(29)36(44)47)43-21-19-42(20-22-43)25(2)27-11-7-6-8-12-27;1-27(28-12-6-4-7-13-28)40-22-24-41(25-23-40)33-17-10-16-31-36(33)38(44)42(37(31)43)32(29-19-20-34(47-2)35(26-29)48-3)18-11-21-39-49(45,46)30-14-8-5-9-15-30/h6-9,11-14,16-17,23,25,30,39H,10,15,18-22H2,1-5H3,(H,40,41,45);4-10,12-17,19-20,26-27,32,39H,11,18,21-25H2,1-3H3/t25-,30?;27-,32?/m11/s1. The molecule has 5 heterocycles. The lowest BCUT2D eigenvalue weighted by Gasteiger charge is -2.39. The number of aryl methyl sites for hydroxylation is 1. The number of benzene rings is 7. The van der Waals surface area contributed by atoms with Crippen molar-refractivity contribution in [2.24, 2.45) is 0 Å². The van der Waals surface area contributed by atoms with Gasteiger partial charge in [0, 0.05) is 84.5 Å². The Labute approximate surface area is 600 Å². The number of sulfonamides is 2. The first-order chi connectivity index (χ1) is 49.2. The molecule has 1 aromatic heterocycles. The quantitative estimate of drug-likeness (QED) is 0.0319. The molecule has 8 aromatic rings. The lowest BCUT2D eigenvalue weighted by molar-refractivity contribution is -0.114. The summed E-state index contributed by atoms with van der Waals surface area (Å²) in [6.07, 6.45) is 1.24. The Hall–Kier alpha value is -9.54. The van der Waals surface area contributed by atoms with E-state index in [2.05, 4.69) is 89.6 Å². The fourth-order valence-electron chi connectivity index (χ4n) is 13.8. The van der Waals surface area contributed by atoms with Crippen molar-refractivity contribution in [1.82, 2.24) is 34.0 Å². The van der Waals surface area contributed by atoms with Crippen molar-refractivity contribution in [2.45, 2.75) is 86.7 Å². The number of imide groups is 2. The molecular formula is C76H86N10O13S3. The van der Waals surface area contributed by atoms with Crippen molar-refractivity contribution >= 4 is 77.4 Å². The Kier molecular flexibility index (Phi) is 23.6. The number of piperazine rings is 2. The van der Waals surface area contributed by atoms with Crippen molar-refractivity contribution in [3.05, 3.63) is 214 Å². The van der Waals surface area contributed by atoms with Crippen molar-refractivity contribution in [3.8, 4) is 23.0 Å². The van der Waals surface area contributed by atoms with E-state index >= 15 is 0 Å². The highest BCUT2D eigenvalue weighted by Crippen LogP contribution is 2.44. The molecule has 0 aliphatic carbocycles. The van der Waals surface area contributed by atoms with Gasteiger partial charge in [-0.3, -0.25) is 43.6 Å². The maximum Gasteiger partial charge on any atom is 0.264 e. The summed E-state index contributed by atoms with van der Waals surface area (Å²) in [5.41, 5.74) is 7.10. The van der Waals surface area contributed by atoms with E-state index < -0.39 is 43.9 Å². The van der Waals surface area contributed by atoms with Gasteiger partial charge in [-0.15, -0.1) is 0 Å². The Morgan fingerprint density at radius 1 is 0.490 bits per heavy atom. The van der Waals surface area contributed by atoms with E-state index in [1.165, 1.54) is 61.3 Å². The lowest BCUT2D eigenvalue weighted by atomic mass is 9.99. The number of nitrogens with one attached hydrogen (secondary N) is 3. The number of thiazole rings is 1. The second-order valence-corrected chi connectivity index (χ2v) is 30.0. The van der Waals surface area contributed by atoms with Gasteiger partial charge in [-0.1, -0.05) is 114 Å². The summed E-state index contributed by atoms with van der Waals surface area (Å²) >= 11 is 0.867. The zero-order valence-electron chi connectivity index (χ0n) is 58.5. The molecule has 12 rings (SSSR count). The number of nitrogens with zero attached hydrogens (tertiary/aromatic N) is 7. The predicted octanol–water partition coefficient (Wildman–Crippen LogP) is 11.1. The number of hydrogen-bond donors (Lipinski definition) is 3. The van der Waals surface area contributed by atoms with Crippen LogP contribution in [-0.4, -0.2) is 165 Å². The van der Waals surface area contributed by atoms with Crippen LogP contribution < -0.4 is 43.5 Å². The number of fused-ring (bicyclic) bond motifs is 2. The number of ether oxygens (including phenoxy) is 4. The number of hydrogen-bond acceptors (Lipinski definition) is 19. The highest BCUT2D eigenvalue weighted by molar-refractivity contribution is 7.91. The fourth-order valence-corrected chi connectivity index (χ4v) is 17.5. The molecule has 0 bridgehead atoms. The first kappa shape index (κ1) is 73.7. The van der Waals surface area contributed by atoms with E-state index in [0.717, 1.165) is 62.0 Å². The van der Waals surface area contributed by atoms with Crippen molar-refractivity contribution < 1.29 is 59.8 Å². The van der Waals surface area contributed by atoms with Gasteiger partial charge in [0.15, 0.2) is 32.3 Å². The monoisotopic (exact) mass is 1440 g/mol. The molecule has 2 fully saturated rings. The van der Waals surface area contributed by atoms with Gasteiger partial charge in [0.25, 0.3) is 33.7 Å². The van der Waals surface area contributed by atoms with Gasteiger partial charge in [-0.05, 0) is 129 Å². The summed E-state index contributed by atoms with van der Waals surface area (Å²) in [7, 11) is -1.55. The molecule has 23 nitrogen and oxygen atoms in total. The predicted molar refractivity (Wildman–Crippen MR) is 392 cm³/mol. The summed E-state index contributed by atoms with van der Waals surface area (Å²) in [6.45, 7) is 13.5. The third-order valence-electron chi connectivity index (χ3n) is 19.3. The van der Waals surface area contributed by atoms with E-state index in [1.807, 2.05) is 54.6 Å². The van der Waals surface area contributed by atoms with Crippen LogP contribution in [0.3, 0.4) is 0 Å². The van der Waals surface area contributed by atoms with Crippen LogP contribution in [0.15, 0.2) is 173 Å². The minimum absolute atomic E-state index is 0.000856. The van der Waals surface area contributed by atoms with Gasteiger partial charge in [-0.2, -0.15) is 0 Å². The molecule has 2 saturated heterocycles. The second-order valence-electron chi connectivity index (χ2n) is 25.3. The van der Waals surface area contributed by atoms with Crippen LogP contribution >= 0.6 is 11.3 Å². The third kappa shape index (κ3) is 16.0. The molecule has 4 aliphatic rings. The van der Waals surface area contributed by atoms with Crippen molar-refractivity contribution in [1.29, 1.82) is 0 Å². The molecule has 7 aromatic carbocycles. The van der Waals surface area contributed by atoms with Crippen molar-refractivity contribution in [2.75, 3.05) is 109 Å². The molecule has 5 amide bonds. The summed E-state index contributed by atoms with van der Waals surface area (Å²) < 4.78 is 79.5. The molecule has 4 atom stereocenters. The highest BCUT2D eigenvalue weighted by atomic mass is 32.2. The van der Waals surface area contributed by atoms with Gasteiger partial charge >= 0.3 is 0 Å². The van der Waals surface area contributed by atoms with Crippen LogP contribution in [0.1, 0.15) is 140 Å². The number of carbonyl (C=O) groups is 5. The van der Waals surface area contributed by atoms with Gasteiger partial charge in [0.1, 0.15) is 0 Å². The Morgan fingerprint density at radius 3 is 1.29 bits per heavy atom. The van der Waals surface area contributed by atoms with Crippen LogP contribution in [0.4, 0.5) is 16.5 Å². The second kappa shape index (κ2) is 32.6. The lowest BCUT2D eigenvalue weighted by Crippen LogP contribution is -2.47. The van der Waals surface area contributed by atoms with Crippen LogP contribution in [-0.2, 0) is 24.8 Å². The molecule has 2 unspecified atom stereocenters. The number of rotatable bonds is 27. The number of carbonyl (C=O) groups excluding carboxylic acids is 5. The molecule has 102 heavy (non-hydrogen) atoms. The van der Waals surface area contributed by atoms with E-state index in [9.17, 15) is 40.8 Å². The minimum atomic E-state index is -3.95. The van der Waals surface area contributed by atoms with E-state index in [0.29, 0.717) is 82.3 Å². The maximum atomic E-state index is 14.5. The number of aromatic nitrogens is 1. The van der Waals surface area contributed by atoms with Crippen LogP contribution in [0, 0.1) is 6.92 Å². The SMILES string of the molecule is COc1ccc(C(CCCNS(=O)(=O)c2ccccc2)N2C(=O)c3cccc(N4CCN([C@H](C)c5ccccc5)CC4)c3C2=O)cc1OC.COc1ccc(C(CCCNS(=O)(=O)c2sc(NC(C)=O)nc2C)N2C(=O)c3cccc(N4CCN([C@H](C)c5ccccc5)CC4)c3C2=O)cc1OC. The first-order valence-electron chi connectivity index (χ1n) is 34.0. The summed E-state index contributed by atoms with van der Waals surface area (Å²) in [4.78, 5) is 84.9. The molecule has 0 spiro atoms. The highest BCUT2D eigenvalue weighted by Gasteiger charge is 2.45. The van der Waals surface area contributed by atoms with E-state index in [-0.39, 0.29) is 75.7 Å². The van der Waals surface area contributed by atoms with Crippen LogP contribution in [0.2, 0.25) is 0 Å². The molecule has 0 radical (unpaired) electrons. The molecule has 3 N–H and O–H groups in total. The maximum absolute atomic E-state index is 14.5. The van der Waals surface area contributed by atoms with Crippen molar-refractivity contribution in [3.63, 3.8) is 0 Å².